The topological polar surface area (TPSA) is 85.4 Å². The van der Waals surface area contributed by atoms with Crippen molar-refractivity contribution >= 4 is 21.7 Å². The van der Waals surface area contributed by atoms with Gasteiger partial charge in [-0.05, 0) is 54.3 Å². The van der Waals surface area contributed by atoms with E-state index in [4.69, 9.17) is 0 Å². The molecule has 1 aliphatic heterocycles. The maximum absolute atomic E-state index is 14.0. The van der Waals surface area contributed by atoms with E-state index in [9.17, 15) is 30.8 Å². The fourth-order valence-electron chi connectivity index (χ4n) is 3.94. The second-order valence-corrected chi connectivity index (χ2v) is 9.60. The molecule has 0 radical (unpaired) electrons. The number of hydrogen-bond acceptors (Lipinski definition) is 5. The van der Waals surface area contributed by atoms with E-state index in [2.05, 4.69) is 14.5 Å². The zero-order chi connectivity index (χ0) is 25.2. The number of carbonyl (C=O) groups excluding carboxylic acids is 1. The van der Waals surface area contributed by atoms with Crippen molar-refractivity contribution in [2.45, 2.75) is 37.1 Å². The number of halogens is 4. The molecular weight excluding hydrogens is 488 g/mol. The molecule has 0 spiro atoms. The van der Waals surface area contributed by atoms with Gasteiger partial charge >= 0.3 is 15.6 Å². The minimum Gasteiger partial charge on any atom is -0.374 e. The summed E-state index contributed by atoms with van der Waals surface area (Å²) in [6.07, 6.45) is 2.98. The van der Waals surface area contributed by atoms with Crippen LogP contribution in [0.1, 0.15) is 42.9 Å². The van der Waals surface area contributed by atoms with Crippen molar-refractivity contribution in [3.8, 4) is 16.9 Å². The first-order chi connectivity index (χ1) is 16.5. The molecular formula is C24H20F4N2O4S. The highest BCUT2D eigenvalue weighted by Crippen LogP contribution is 2.36. The molecule has 2 bridgehead atoms. The molecule has 0 fully saturated rings. The largest absolute Gasteiger partial charge is 0.534 e. The molecule has 4 rings (SSSR count). The monoisotopic (exact) mass is 508 g/mol. The highest BCUT2D eigenvalue weighted by Gasteiger charge is 2.48. The van der Waals surface area contributed by atoms with Crippen LogP contribution in [0.4, 0.5) is 23.2 Å². The molecule has 1 atom stereocenters. The summed E-state index contributed by atoms with van der Waals surface area (Å²) in [7, 11) is -5.80. The number of pyridine rings is 1. The number of hydrogen-bond donors (Lipinski definition) is 1. The van der Waals surface area contributed by atoms with E-state index in [1.165, 1.54) is 24.3 Å². The predicted octanol–water partition coefficient (Wildman–Crippen LogP) is 5.76. The molecule has 35 heavy (non-hydrogen) atoms. The summed E-state index contributed by atoms with van der Waals surface area (Å²) >= 11 is 0. The van der Waals surface area contributed by atoms with Gasteiger partial charge in [0.15, 0.2) is 5.75 Å². The Morgan fingerprint density at radius 1 is 1.03 bits per heavy atom. The van der Waals surface area contributed by atoms with E-state index >= 15 is 0 Å². The summed E-state index contributed by atoms with van der Waals surface area (Å²) in [5.41, 5.74) is -2.58. The lowest BCUT2D eigenvalue weighted by Gasteiger charge is -2.20. The van der Waals surface area contributed by atoms with E-state index in [0.29, 0.717) is 41.8 Å². The first kappa shape index (κ1) is 24.6. The van der Waals surface area contributed by atoms with Crippen molar-refractivity contribution in [1.29, 1.82) is 0 Å². The molecule has 0 aliphatic carbocycles. The lowest BCUT2D eigenvalue weighted by molar-refractivity contribution is -0.116. The van der Waals surface area contributed by atoms with Crippen LogP contribution in [-0.4, -0.2) is 24.8 Å². The zero-order valence-corrected chi connectivity index (χ0v) is 19.0. The number of nitrogens with one attached hydrogen (secondary N) is 1. The van der Waals surface area contributed by atoms with Crippen LogP contribution < -0.4 is 9.50 Å². The lowest BCUT2D eigenvalue weighted by atomic mass is 9.87. The molecule has 11 heteroatoms. The van der Waals surface area contributed by atoms with Crippen LogP contribution in [0.3, 0.4) is 0 Å². The maximum Gasteiger partial charge on any atom is 0.534 e. The van der Waals surface area contributed by atoms with Gasteiger partial charge in [0.25, 0.3) is 0 Å². The highest BCUT2D eigenvalue weighted by atomic mass is 32.2. The molecule has 1 N–H and O–H groups in total. The van der Waals surface area contributed by atoms with Gasteiger partial charge in [-0.3, -0.25) is 9.78 Å². The van der Waals surface area contributed by atoms with Gasteiger partial charge in [0.2, 0.25) is 5.91 Å². The van der Waals surface area contributed by atoms with E-state index in [-0.39, 0.29) is 18.2 Å². The van der Waals surface area contributed by atoms with Crippen LogP contribution >= 0.6 is 0 Å². The van der Waals surface area contributed by atoms with E-state index in [1.807, 2.05) is 12.1 Å². The Morgan fingerprint density at radius 3 is 2.54 bits per heavy atom. The van der Waals surface area contributed by atoms with Crippen molar-refractivity contribution in [1.82, 2.24) is 4.98 Å². The third-order valence-corrected chi connectivity index (χ3v) is 6.59. The third kappa shape index (κ3) is 5.61. The number of carbonyl (C=O) groups is 1. The first-order valence-corrected chi connectivity index (χ1v) is 12.1. The Kier molecular flexibility index (Phi) is 6.79. The summed E-state index contributed by atoms with van der Waals surface area (Å²) in [6.45, 7) is 0. The fourth-order valence-corrected chi connectivity index (χ4v) is 4.39. The number of aromatic nitrogens is 1. The molecule has 1 unspecified atom stereocenters. The SMILES string of the molecule is O=C1CCCCC(c2ccc(OS(=O)(=O)C(F)(F)F)cn2)c2cccc(c2)-c2cc(F)ccc2N1. The maximum atomic E-state index is 14.0. The van der Waals surface area contributed by atoms with Crippen molar-refractivity contribution in [3.63, 3.8) is 0 Å². The second kappa shape index (κ2) is 9.65. The minimum atomic E-state index is -5.80. The number of amides is 1. The van der Waals surface area contributed by atoms with Crippen molar-refractivity contribution in [2.24, 2.45) is 0 Å². The molecule has 1 aliphatic rings. The molecule has 6 nitrogen and oxygen atoms in total. The molecule has 2 aromatic carbocycles. The van der Waals surface area contributed by atoms with Crippen molar-refractivity contribution in [2.75, 3.05) is 5.32 Å². The summed E-state index contributed by atoms with van der Waals surface area (Å²) in [5.74, 6) is -1.52. The molecule has 1 amide bonds. The Bertz CT molecular complexity index is 1340. The normalized spacial score (nSPS) is 16.9. The van der Waals surface area contributed by atoms with E-state index < -0.39 is 27.2 Å². The van der Waals surface area contributed by atoms with E-state index in [1.54, 1.807) is 12.1 Å². The Morgan fingerprint density at radius 2 is 1.83 bits per heavy atom. The summed E-state index contributed by atoms with van der Waals surface area (Å²) < 4.78 is 78.5. The summed E-state index contributed by atoms with van der Waals surface area (Å²) in [5, 5.41) is 2.83. The van der Waals surface area contributed by atoms with Crippen molar-refractivity contribution < 1.29 is 35.0 Å². The lowest BCUT2D eigenvalue weighted by Crippen LogP contribution is -2.28. The van der Waals surface area contributed by atoms with Gasteiger partial charge < -0.3 is 9.50 Å². The molecule has 0 saturated heterocycles. The van der Waals surface area contributed by atoms with Crippen LogP contribution in [0.5, 0.6) is 5.75 Å². The molecule has 2 heterocycles. The van der Waals surface area contributed by atoms with Crippen LogP contribution in [0.15, 0.2) is 60.8 Å². The molecule has 184 valence electrons. The second-order valence-electron chi connectivity index (χ2n) is 8.06. The number of rotatable bonds is 3. The predicted molar refractivity (Wildman–Crippen MR) is 121 cm³/mol. The number of fused-ring (bicyclic) bond motifs is 4. The number of anilines is 1. The number of alkyl halides is 3. The minimum absolute atomic E-state index is 0.198. The van der Waals surface area contributed by atoms with Gasteiger partial charge in [0, 0.05) is 29.3 Å². The Hall–Kier alpha value is -3.47. The van der Waals surface area contributed by atoms with Crippen LogP contribution in [0, 0.1) is 5.82 Å². The zero-order valence-electron chi connectivity index (χ0n) is 18.2. The first-order valence-electron chi connectivity index (χ1n) is 10.7. The smallest absolute Gasteiger partial charge is 0.374 e. The molecule has 0 saturated carbocycles. The van der Waals surface area contributed by atoms with E-state index in [0.717, 1.165) is 17.8 Å². The van der Waals surface area contributed by atoms with Gasteiger partial charge in [-0.25, -0.2) is 4.39 Å². The third-order valence-electron chi connectivity index (χ3n) is 5.61. The van der Waals surface area contributed by atoms with Crippen LogP contribution in [0.25, 0.3) is 11.1 Å². The molecule has 1 aromatic heterocycles. The number of benzene rings is 2. The van der Waals surface area contributed by atoms with Crippen LogP contribution in [-0.2, 0) is 14.9 Å². The van der Waals surface area contributed by atoms with Gasteiger partial charge in [0.05, 0.1) is 6.20 Å². The van der Waals surface area contributed by atoms with Gasteiger partial charge in [-0.15, -0.1) is 0 Å². The van der Waals surface area contributed by atoms with Gasteiger partial charge in [-0.2, -0.15) is 21.6 Å². The van der Waals surface area contributed by atoms with Gasteiger partial charge in [0.1, 0.15) is 5.82 Å². The Balaban J connectivity index is 1.71. The number of nitrogens with zero attached hydrogens (tertiary/aromatic N) is 1. The highest BCUT2D eigenvalue weighted by molar-refractivity contribution is 7.88. The molecule has 3 aromatic rings. The summed E-state index contributed by atoms with van der Waals surface area (Å²) in [6, 6.07) is 13.9. The van der Waals surface area contributed by atoms with Crippen molar-refractivity contribution in [3.05, 3.63) is 77.9 Å². The van der Waals surface area contributed by atoms with Crippen LogP contribution in [0.2, 0.25) is 0 Å². The quantitative estimate of drug-likeness (QED) is 0.276. The standard InChI is InChI=1S/C24H20F4N2O4S/c25-17-8-10-22-20(13-17)16-5-3-4-15(12-16)19(6-1-2-7-23(31)30-22)21-11-9-18(14-29-21)34-35(32,33)24(26,27)28/h3-5,8-14,19H,1-2,6-7H2,(H,30,31). The van der Waals surface area contributed by atoms with Gasteiger partial charge in [-0.1, -0.05) is 30.7 Å². The average molecular weight is 508 g/mol. The average Bonchev–Trinajstić information content (AvgIpc) is 2.79. The fraction of sp³-hybridized carbons (Fsp3) is 0.250. The Labute approximate surface area is 199 Å². The summed E-state index contributed by atoms with van der Waals surface area (Å²) in [4.78, 5) is 16.6.